The van der Waals surface area contributed by atoms with Gasteiger partial charge in [-0.1, -0.05) is 15.9 Å². The van der Waals surface area contributed by atoms with Gasteiger partial charge in [0.1, 0.15) is 0 Å². The zero-order chi connectivity index (χ0) is 13.5. The Morgan fingerprint density at radius 1 is 1.22 bits per heavy atom. The number of carbonyl (C=O) groups excluding carboxylic acids is 2. The molecule has 1 aliphatic heterocycles. The maximum absolute atomic E-state index is 12.3. The highest BCUT2D eigenvalue weighted by Crippen LogP contribution is 2.32. The van der Waals surface area contributed by atoms with E-state index >= 15 is 0 Å². The summed E-state index contributed by atoms with van der Waals surface area (Å²) in [6.45, 7) is 4.15. The fraction of sp³-hybridized carbons (Fsp3) is 0.385. The van der Waals surface area contributed by atoms with Gasteiger partial charge in [0.2, 0.25) is 0 Å². The monoisotopic (exact) mass is 310 g/mol. The molecule has 4 nitrogen and oxygen atoms in total. The number of fused-ring (bicyclic) bond motifs is 1. The molecule has 1 heterocycles. The molecule has 1 aromatic rings. The van der Waals surface area contributed by atoms with Crippen LogP contribution in [0.2, 0.25) is 0 Å². The van der Waals surface area contributed by atoms with E-state index in [1.54, 1.807) is 18.2 Å². The molecule has 5 heteroatoms. The number of halogens is 1. The zero-order valence-electron chi connectivity index (χ0n) is 10.4. The second-order valence-electron chi connectivity index (χ2n) is 4.99. The lowest BCUT2D eigenvalue weighted by atomic mass is 9.98. The molecule has 1 aromatic carbocycles. The lowest BCUT2D eigenvalue weighted by molar-refractivity contribution is 0.0471. The summed E-state index contributed by atoms with van der Waals surface area (Å²) in [5.74, 6) is -0.476. The highest BCUT2D eigenvalue weighted by atomic mass is 79.9. The van der Waals surface area contributed by atoms with Crippen molar-refractivity contribution < 1.29 is 9.59 Å². The van der Waals surface area contributed by atoms with E-state index in [1.165, 1.54) is 4.90 Å². The van der Waals surface area contributed by atoms with Gasteiger partial charge in [-0.25, -0.2) is 0 Å². The Morgan fingerprint density at radius 3 is 2.44 bits per heavy atom. The molecule has 0 saturated carbocycles. The van der Waals surface area contributed by atoms with Gasteiger partial charge in [0, 0.05) is 10.0 Å². The standard InChI is InChI=1S/C13H15BrN2O2/c1-13(2,5-6-15)16-11(17)9-4-3-8(14)7-10(9)12(16)18/h3-4,7H,5-6,15H2,1-2H3. The zero-order valence-corrected chi connectivity index (χ0v) is 12.0. The second-order valence-corrected chi connectivity index (χ2v) is 5.90. The van der Waals surface area contributed by atoms with E-state index in [2.05, 4.69) is 15.9 Å². The minimum atomic E-state index is -0.561. The van der Waals surface area contributed by atoms with Crippen molar-refractivity contribution in [2.75, 3.05) is 6.54 Å². The fourth-order valence-electron chi connectivity index (χ4n) is 2.23. The van der Waals surface area contributed by atoms with Crippen molar-refractivity contribution in [2.45, 2.75) is 25.8 Å². The molecule has 96 valence electrons. The van der Waals surface area contributed by atoms with Crippen LogP contribution < -0.4 is 5.73 Å². The number of hydrogen-bond donors (Lipinski definition) is 1. The van der Waals surface area contributed by atoms with Crippen LogP contribution in [0, 0.1) is 0 Å². The Balaban J connectivity index is 2.46. The molecule has 2 rings (SSSR count). The molecule has 2 amide bonds. The number of nitrogens with two attached hydrogens (primary N) is 1. The fourth-order valence-corrected chi connectivity index (χ4v) is 2.59. The molecule has 0 spiro atoms. The number of hydrogen-bond acceptors (Lipinski definition) is 3. The first-order chi connectivity index (χ1) is 8.38. The number of imide groups is 1. The lowest BCUT2D eigenvalue weighted by Crippen LogP contribution is -2.48. The van der Waals surface area contributed by atoms with Crippen molar-refractivity contribution in [3.8, 4) is 0 Å². The summed E-state index contributed by atoms with van der Waals surface area (Å²) in [6, 6.07) is 5.13. The molecular weight excluding hydrogens is 296 g/mol. The van der Waals surface area contributed by atoms with Crippen molar-refractivity contribution in [1.82, 2.24) is 4.90 Å². The van der Waals surface area contributed by atoms with Gasteiger partial charge in [0.15, 0.2) is 0 Å². The quantitative estimate of drug-likeness (QED) is 0.870. The van der Waals surface area contributed by atoms with E-state index in [0.29, 0.717) is 24.1 Å². The van der Waals surface area contributed by atoms with Gasteiger partial charge in [-0.3, -0.25) is 14.5 Å². The third-order valence-electron chi connectivity index (χ3n) is 3.21. The van der Waals surface area contributed by atoms with Gasteiger partial charge in [0.05, 0.1) is 11.1 Å². The van der Waals surface area contributed by atoms with Crippen molar-refractivity contribution in [2.24, 2.45) is 5.73 Å². The molecule has 1 aliphatic rings. The Labute approximate surface area is 114 Å². The molecule has 0 unspecified atom stereocenters. The van der Waals surface area contributed by atoms with Gasteiger partial charge in [0.25, 0.3) is 11.8 Å². The summed E-state index contributed by atoms with van der Waals surface area (Å²) >= 11 is 3.31. The van der Waals surface area contributed by atoms with Crippen molar-refractivity contribution in [3.63, 3.8) is 0 Å². The summed E-state index contributed by atoms with van der Waals surface area (Å²) in [4.78, 5) is 25.9. The predicted octanol–water partition coefficient (Wildman–Crippen LogP) is 2.17. The number of rotatable bonds is 3. The average molecular weight is 311 g/mol. The first-order valence-electron chi connectivity index (χ1n) is 5.77. The molecule has 18 heavy (non-hydrogen) atoms. The van der Waals surface area contributed by atoms with Gasteiger partial charge in [-0.15, -0.1) is 0 Å². The summed E-state index contributed by atoms with van der Waals surface area (Å²) in [7, 11) is 0. The highest BCUT2D eigenvalue weighted by Gasteiger charge is 2.43. The number of carbonyl (C=O) groups is 2. The normalized spacial score (nSPS) is 15.2. The van der Waals surface area contributed by atoms with Crippen molar-refractivity contribution >= 4 is 27.7 Å². The van der Waals surface area contributed by atoms with E-state index in [1.807, 2.05) is 13.8 Å². The van der Waals surface area contributed by atoms with E-state index in [4.69, 9.17) is 5.73 Å². The molecule has 0 bridgehead atoms. The second kappa shape index (κ2) is 4.48. The maximum atomic E-state index is 12.3. The van der Waals surface area contributed by atoms with E-state index in [9.17, 15) is 9.59 Å². The molecule has 2 N–H and O–H groups in total. The van der Waals surface area contributed by atoms with Crippen LogP contribution in [0.15, 0.2) is 22.7 Å². The Bertz CT molecular complexity index is 526. The minimum absolute atomic E-state index is 0.235. The lowest BCUT2D eigenvalue weighted by Gasteiger charge is -2.33. The van der Waals surface area contributed by atoms with Crippen LogP contribution in [0.1, 0.15) is 41.0 Å². The Morgan fingerprint density at radius 2 is 1.83 bits per heavy atom. The third-order valence-corrected chi connectivity index (χ3v) is 3.70. The molecule has 0 radical (unpaired) electrons. The summed E-state index contributed by atoms with van der Waals surface area (Å²) in [5.41, 5.74) is 5.91. The SMILES string of the molecule is CC(C)(CCN)N1C(=O)c2ccc(Br)cc2C1=O. The van der Waals surface area contributed by atoms with Crippen LogP contribution in [-0.2, 0) is 0 Å². The van der Waals surface area contributed by atoms with Crippen molar-refractivity contribution in [1.29, 1.82) is 0 Å². The van der Waals surface area contributed by atoms with E-state index < -0.39 is 5.54 Å². The van der Waals surface area contributed by atoms with Crippen LogP contribution in [-0.4, -0.2) is 28.8 Å². The molecular formula is C13H15BrN2O2. The third kappa shape index (κ3) is 1.97. The maximum Gasteiger partial charge on any atom is 0.262 e. The molecule has 0 aromatic heterocycles. The smallest absolute Gasteiger partial charge is 0.262 e. The van der Waals surface area contributed by atoms with Crippen LogP contribution >= 0.6 is 15.9 Å². The van der Waals surface area contributed by atoms with Crippen molar-refractivity contribution in [3.05, 3.63) is 33.8 Å². The molecule has 0 saturated heterocycles. The minimum Gasteiger partial charge on any atom is -0.330 e. The first-order valence-corrected chi connectivity index (χ1v) is 6.56. The van der Waals surface area contributed by atoms with Gasteiger partial charge in [-0.05, 0) is 45.0 Å². The number of amides is 2. The summed E-state index contributed by atoms with van der Waals surface area (Å²) in [6.07, 6.45) is 0.583. The molecule has 0 atom stereocenters. The summed E-state index contributed by atoms with van der Waals surface area (Å²) < 4.78 is 0.792. The first kappa shape index (κ1) is 13.2. The Kier molecular flexibility index (Phi) is 3.29. The van der Waals surface area contributed by atoms with E-state index in [-0.39, 0.29) is 11.8 Å². The van der Waals surface area contributed by atoms with Crippen LogP contribution in [0.25, 0.3) is 0 Å². The predicted molar refractivity (Wildman–Crippen MR) is 72.4 cm³/mol. The highest BCUT2D eigenvalue weighted by molar-refractivity contribution is 9.10. The average Bonchev–Trinajstić information content (AvgIpc) is 2.51. The van der Waals surface area contributed by atoms with Crippen LogP contribution in [0.4, 0.5) is 0 Å². The molecule has 0 fully saturated rings. The number of benzene rings is 1. The van der Waals surface area contributed by atoms with Crippen LogP contribution in [0.3, 0.4) is 0 Å². The van der Waals surface area contributed by atoms with Crippen LogP contribution in [0.5, 0.6) is 0 Å². The van der Waals surface area contributed by atoms with E-state index in [0.717, 1.165) is 4.47 Å². The Hall–Kier alpha value is -1.20. The number of nitrogens with zero attached hydrogens (tertiary/aromatic N) is 1. The van der Waals surface area contributed by atoms with Gasteiger partial charge >= 0.3 is 0 Å². The molecule has 0 aliphatic carbocycles. The summed E-state index contributed by atoms with van der Waals surface area (Å²) in [5, 5.41) is 0. The van der Waals surface area contributed by atoms with Gasteiger partial charge in [-0.2, -0.15) is 0 Å². The topological polar surface area (TPSA) is 63.4 Å². The largest absolute Gasteiger partial charge is 0.330 e. The van der Waals surface area contributed by atoms with Gasteiger partial charge < -0.3 is 5.73 Å².